The summed E-state index contributed by atoms with van der Waals surface area (Å²) in [6.07, 6.45) is 0.625. The lowest BCUT2D eigenvalue weighted by molar-refractivity contribution is 0.0745. The van der Waals surface area contributed by atoms with Crippen molar-refractivity contribution in [1.29, 1.82) is 0 Å². The van der Waals surface area contributed by atoms with Crippen LogP contribution < -0.4 is 4.74 Å². The quantitative estimate of drug-likeness (QED) is 0.344. The van der Waals surface area contributed by atoms with Crippen molar-refractivity contribution in [2.45, 2.75) is 19.4 Å². The van der Waals surface area contributed by atoms with Crippen LogP contribution in [0.5, 0.6) is 17.2 Å². The Labute approximate surface area is 207 Å². The average Bonchev–Trinajstić information content (AvgIpc) is 3.39. The first-order valence-electron chi connectivity index (χ1n) is 11.2. The summed E-state index contributed by atoms with van der Waals surface area (Å²) in [6.45, 7) is 2.24. The summed E-state index contributed by atoms with van der Waals surface area (Å²) in [5, 5.41) is 28.6. The topological polar surface area (TPSA) is 98.7 Å². The summed E-state index contributed by atoms with van der Waals surface area (Å²) >= 11 is 6.36. The normalized spacial score (nSPS) is 14.9. The van der Waals surface area contributed by atoms with E-state index in [9.17, 15) is 15.0 Å². The molecule has 2 heterocycles. The largest absolute Gasteiger partial charge is 0.508 e. The molecule has 1 atom stereocenters. The summed E-state index contributed by atoms with van der Waals surface area (Å²) in [6, 6.07) is 17.3. The molecule has 0 saturated heterocycles. The van der Waals surface area contributed by atoms with Crippen LogP contribution in [0.1, 0.15) is 38.8 Å². The number of hydrogen-bond acceptors (Lipinski definition) is 5. The Morgan fingerprint density at radius 3 is 2.60 bits per heavy atom. The molecule has 4 aromatic rings. The highest BCUT2D eigenvalue weighted by Crippen LogP contribution is 2.45. The Morgan fingerprint density at radius 2 is 1.89 bits per heavy atom. The molecule has 3 aromatic carbocycles. The number of phenols is 2. The molecule has 0 unspecified atom stereocenters. The van der Waals surface area contributed by atoms with Crippen LogP contribution in [0.15, 0.2) is 60.7 Å². The van der Waals surface area contributed by atoms with Crippen molar-refractivity contribution in [2.24, 2.45) is 0 Å². The van der Waals surface area contributed by atoms with Gasteiger partial charge in [-0.15, -0.1) is 0 Å². The van der Waals surface area contributed by atoms with Gasteiger partial charge in [-0.3, -0.25) is 9.89 Å². The predicted molar refractivity (Wildman–Crippen MR) is 133 cm³/mol. The molecule has 1 aliphatic rings. The van der Waals surface area contributed by atoms with E-state index in [4.69, 9.17) is 16.3 Å². The van der Waals surface area contributed by atoms with Gasteiger partial charge in [0.25, 0.3) is 5.91 Å². The van der Waals surface area contributed by atoms with Crippen molar-refractivity contribution < 1.29 is 19.7 Å². The molecule has 3 N–H and O–H groups in total. The SMILES string of the molecule is COc1ccc(CCN2C(=O)c3[nH]nc(-c4cc(Cl)c(C)cc4O)c3[C@H]2c2cccc(O)c2)cc1. The molecule has 1 aliphatic heterocycles. The number of aromatic amines is 1. The van der Waals surface area contributed by atoms with Crippen molar-refractivity contribution in [2.75, 3.05) is 13.7 Å². The molecule has 0 fully saturated rings. The fourth-order valence-corrected chi connectivity index (χ4v) is 4.74. The number of aromatic hydroxyl groups is 2. The molecule has 178 valence electrons. The van der Waals surface area contributed by atoms with Gasteiger partial charge < -0.3 is 19.8 Å². The lowest BCUT2D eigenvalue weighted by Gasteiger charge is -2.26. The van der Waals surface area contributed by atoms with E-state index >= 15 is 0 Å². The maximum absolute atomic E-state index is 13.5. The highest BCUT2D eigenvalue weighted by Gasteiger charge is 2.42. The van der Waals surface area contributed by atoms with E-state index in [1.165, 1.54) is 0 Å². The van der Waals surface area contributed by atoms with Gasteiger partial charge in [-0.2, -0.15) is 5.10 Å². The van der Waals surface area contributed by atoms with Crippen molar-refractivity contribution in [1.82, 2.24) is 15.1 Å². The average molecular weight is 490 g/mol. The zero-order valence-corrected chi connectivity index (χ0v) is 20.0. The number of rotatable bonds is 6. The Morgan fingerprint density at radius 1 is 1.11 bits per heavy atom. The molecular formula is C27H24ClN3O4. The van der Waals surface area contributed by atoms with Crippen LogP contribution in [0.4, 0.5) is 0 Å². The minimum Gasteiger partial charge on any atom is -0.508 e. The van der Waals surface area contributed by atoms with E-state index in [1.807, 2.05) is 30.3 Å². The summed E-state index contributed by atoms with van der Waals surface area (Å²) in [7, 11) is 1.62. The number of phenolic OH excluding ortho intramolecular Hbond substituents is 2. The molecular weight excluding hydrogens is 466 g/mol. The van der Waals surface area contributed by atoms with E-state index < -0.39 is 6.04 Å². The Balaban J connectivity index is 1.57. The van der Waals surface area contributed by atoms with Crippen molar-refractivity contribution in [3.05, 3.63) is 93.6 Å². The molecule has 0 saturated carbocycles. The van der Waals surface area contributed by atoms with Gasteiger partial charge in [0.05, 0.1) is 13.2 Å². The van der Waals surface area contributed by atoms with E-state index in [2.05, 4.69) is 10.2 Å². The summed E-state index contributed by atoms with van der Waals surface area (Å²) in [4.78, 5) is 15.3. The highest BCUT2D eigenvalue weighted by atomic mass is 35.5. The van der Waals surface area contributed by atoms with Crippen LogP contribution in [0.2, 0.25) is 5.02 Å². The number of hydrogen-bond donors (Lipinski definition) is 3. The van der Waals surface area contributed by atoms with Gasteiger partial charge in [0.2, 0.25) is 0 Å². The molecule has 0 bridgehead atoms. The summed E-state index contributed by atoms with van der Waals surface area (Å²) < 4.78 is 5.23. The minimum atomic E-state index is -0.504. The van der Waals surface area contributed by atoms with Gasteiger partial charge in [-0.25, -0.2) is 0 Å². The molecule has 0 aliphatic carbocycles. The van der Waals surface area contributed by atoms with Crippen molar-refractivity contribution in [3.63, 3.8) is 0 Å². The highest BCUT2D eigenvalue weighted by molar-refractivity contribution is 6.31. The number of carbonyl (C=O) groups excluding carboxylic acids is 1. The lowest BCUT2D eigenvalue weighted by Crippen LogP contribution is -2.31. The van der Waals surface area contributed by atoms with Gasteiger partial charge in [0.1, 0.15) is 28.6 Å². The number of nitrogens with zero attached hydrogens (tertiary/aromatic N) is 2. The minimum absolute atomic E-state index is 0.0278. The van der Waals surface area contributed by atoms with E-state index in [0.29, 0.717) is 40.5 Å². The number of aromatic nitrogens is 2. The Bertz CT molecular complexity index is 1410. The first-order valence-corrected chi connectivity index (χ1v) is 11.6. The fraction of sp³-hybridized carbons (Fsp3) is 0.185. The monoisotopic (exact) mass is 489 g/mol. The summed E-state index contributed by atoms with van der Waals surface area (Å²) in [5.41, 5.74) is 4.44. The molecule has 1 amide bonds. The fourth-order valence-electron chi connectivity index (χ4n) is 4.57. The number of nitrogens with one attached hydrogen (secondary N) is 1. The molecule has 8 heteroatoms. The third-order valence-corrected chi connectivity index (χ3v) is 6.79. The molecule has 0 radical (unpaired) electrons. The molecule has 35 heavy (non-hydrogen) atoms. The maximum Gasteiger partial charge on any atom is 0.273 e. The van der Waals surface area contributed by atoms with Crippen LogP contribution in [-0.4, -0.2) is 44.9 Å². The Hall–Kier alpha value is -3.97. The second-order valence-electron chi connectivity index (χ2n) is 8.57. The predicted octanol–water partition coefficient (Wildman–Crippen LogP) is 5.25. The number of amides is 1. The van der Waals surface area contributed by atoms with Crippen LogP contribution in [0.25, 0.3) is 11.3 Å². The van der Waals surface area contributed by atoms with Crippen molar-refractivity contribution >= 4 is 17.5 Å². The zero-order chi connectivity index (χ0) is 24.7. The maximum atomic E-state index is 13.5. The number of ether oxygens (including phenoxy) is 1. The smallest absolute Gasteiger partial charge is 0.273 e. The number of aryl methyl sites for hydroxylation is 1. The van der Waals surface area contributed by atoms with E-state index in [-0.39, 0.29) is 17.4 Å². The van der Waals surface area contributed by atoms with E-state index in [1.54, 1.807) is 49.3 Å². The van der Waals surface area contributed by atoms with Crippen LogP contribution in [0, 0.1) is 6.92 Å². The van der Waals surface area contributed by atoms with E-state index in [0.717, 1.165) is 22.4 Å². The third-order valence-electron chi connectivity index (χ3n) is 6.38. The second kappa shape index (κ2) is 9.00. The third kappa shape index (κ3) is 4.08. The van der Waals surface area contributed by atoms with Crippen LogP contribution in [-0.2, 0) is 6.42 Å². The van der Waals surface area contributed by atoms with Crippen molar-refractivity contribution in [3.8, 4) is 28.5 Å². The first-order chi connectivity index (χ1) is 16.9. The second-order valence-corrected chi connectivity index (χ2v) is 8.98. The Kier molecular flexibility index (Phi) is 5.86. The molecule has 1 aromatic heterocycles. The van der Waals surface area contributed by atoms with Gasteiger partial charge in [0.15, 0.2) is 0 Å². The number of methoxy groups -OCH3 is 1. The van der Waals surface area contributed by atoms with Crippen LogP contribution >= 0.6 is 11.6 Å². The molecule has 7 nitrogen and oxygen atoms in total. The summed E-state index contributed by atoms with van der Waals surface area (Å²) in [5.74, 6) is 0.703. The van der Waals surface area contributed by atoms with Gasteiger partial charge in [0, 0.05) is 22.7 Å². The standard InChI is InChI=1S/C27H24ClN3O4/c1-15-12-22(33)20(14-21(15)28)24-23-25(30-29-24)27(34)31(26(23)17-4-3-5-18(32)13-17)11-10-16-6-8-19(35-2)9-7-16/h3-9,12-14,26,32-33H,10-11H2,1-2H3,(H,29,30)/t26-/m1/s1. The molecule has 5 rings (SSSR count). The van der Waals surface area contributed by atoms with Gasteiger partial charge in [-0.1, -0.05) is 35.9 Å². The van der Waals surface area contributed by atoms with Crippen LogP contribution in [0.3, 0.4) is 0 Å². The van der Waals surface area contributed by atoms with Gasteiger partial charge >= 0.3 is 0 Å². The first kappa shape index (κ1) is 22.8. The number of benzene rings is 3. The van der Waals surface area contributed by atoms with Gasteiger partial charge in [-0.05, 0) is 66.4 Å². The lowest BCUT2D eigenvalue weighted by atomic mass is 9.95. The number of carbonyl (C=O) groups is 1. The zero-order valence-electron chi connectivity index (χ0n) is 19.2. The number of fused-ring (bicyclic) bond motifs is 1. The number of halogens is 1. The number of H-pyrrole nitrogens is 1. The molecule has 0 spiro atoms.